The van der Waals surface area contributed by atoms with Crippen molar-refractivity contribution < 1.29 is 9.84 Å². The van der Waals surface area contributed by atoms with Crippen molar-refractivity contribution in [1.82, 2.24) is 4.90 Å². The molecule has 0 saturated carbocycles. The molecule has 2 N–H and O–H groups in total. The van der Waals surface area contributed by atoms with Crippen molar-refractivity contribution >= 4 is 11.6 Å². The number of benzene rings is 2. The van der Waals surface area contributed by atoms with Crippen LogP contribution < -0.4 is 5.32 Å². The molecular weight excluding hydrogens is 326 g/mol. The Labute approximate surface area is 155 Å². The van der Waals surface area contributed by atoms with Crippen molar-refractivity contribution in [3.63, 3.8) is 0 Å². The smallest absolute Gasteiger partial charge is 0.198 e. The molecule has 1 heterocycles. The molecule has 2 aromatic carbocycles. The third-order valence-electron chi connectivity index (χ3n) is 4.50. The number of para-hydroxylation sites is 2. The van der Waals surface area contributed by atoms with E-state index in [0.717, 1.165) is 31.9 Å². The predicted octanol–water partition coefficient (Wildman–Crippen LogP) is 3.51. The van der Waals surface area contributed by atoms with Gasteiger partial charge in [0, 0.05) is 13.1 Å². The highest BCUT2D eigenvalue weighted by atomic mass is 16.5. The molecule has 0 radical (unpaired) electrons. The maximum Gasteiger partial charge on any atom is 0.198 e. The highest BCUT2D eigenvalue weighted by Crippen LogP contribution is 2.22. The highest BCUT2D eigenvalue weighted by Gasteiger charge is 2.17. The number of aryl methyl sites for hydroxylation is 1. The molecule has 1 atom stereocenters. The predicted molar refractivity (Wildman–Crippen MR) is 106 cm³/mol. The highest BCUT2D eigenvalue weighted by molar-refractivity contribution is 5.95. The number of nitrogens with one attached hydrogen (secondary N) is 1. The van der Waals surface area contributed by atoms with Crippen molar-refractivity contribution in [3.8, 4) is 5.75 Å². The van der Waals surface area contributed by atoms with Crippen LogP contribution in [-0.2, 0) is 11.2 Å². The standard InChI is InChI=1S/C21H27N3O2/c1-17(11-12-18-7-3-2-4-8-18)22-21(24-13-15-26-16-14-24)23-19-9-5-6-10-20(19)25/h2-10,17,25H,11-16H2,1H3,(H,22,23). The second-order valence-corrected chi connectivity index (χ2v) is 6.57. The van der Waals surface area contributed by atoms with Gasteiger partial charge in [-0.25, -0.2) is 4.99 Å². The van der Waals surface area contributed by atoms with Crippen LogP contribution in [-0.4, -0.2) is 48.3 Å². The minimum absolute atomic E-state index is 0.173. The molecule has 1 aliphatic rings. The van der Waals surface area contributed by atoms with E-state index in [0.29, 0.717) is 18.9 Å². The summed E-state index contributed by atoms with van der Waals surface area (Å²) in [4.78, 5) is 7.11. The van der Waals surface area contributed by atoms with Gasteiger partial charge in [-0.05, 0) is 37.5 Å². The van der Waals surface area contributed by atoms with Crippen LogP contribution in [0.2, 0.25) is 0 Å². The number of hydrogen-bond donors (Lipinski definition) is 2. The Morgan fingerprint density at radius 1 is 1.12 bits per heavy atom. The van der Waals surface area contributed by atoms with Gasteiger partial charge in [-0.15, -0.1) is 0 Å². The maximum absolute atomic E-state index is 10.1. The van der Waals surface area contributed by atoms with Gasteiger partial charge < -0.3 is 20.1 Å². The Balaban J connectivity index is 1.70. The Kier molecular flexibility index (Phi) is 6.50. The second kappa shape index (κ2) is 9.25. The zero-order valence-electron chi connectivity index (χ0n) is 15.3. The minimum Gasteiger partial charge on any atom is -0.506 e. The Bertz CT molecular complexity index is 712. The zero-order valence-corrected chi connectivity index (χ0v) is 15.3. The Morgan fingerprint density at radius 3 is 2.54 bits per heavy atom. The molecule has 1 saturated heterocycles. The van der Waals surface area contributed by atoms with E-state index in [2.05, 4.69) is 41.4 Å². The fourth-order valence-corrected chi connectivity index (χ4v) is 2.96. The van der Waals surface area contributed by atoms with Crippen LogP contribution in [0.4, 0.5) is 5.69 Å². The molecule has 2 aromatic rings. The molecule has 0 aliphatic carbocycles. The van der Waals surface area contributed by atoms with E-state index in [1.165, 1.54) is 5.56 Å². The third-order valence-corrected chi connectivity index (χ3v) is 4.50. The van der Waals surface area contributed by atoms with Gasteiger partial charge >= 0.3 is 0 Å². The van der Waals surface area contributed by atoms with Crippen LogP contribution in [0.15, 0.2) is 59.6 Å². The number of rotatable bonds is 5. The number of aromatic hydroxyl groups is 1. The number of ether oxygens (including phenoxy) is 1. The van der Waals surface area contributed by atoms with E-state index < -0.39 is 0 Å². The van der Waals surface area contributed by atoms with E-state index in [1.807, 2.05) is 24.3 Å². The molecule has 1 aliphatic heterocycles. The number of morpholine rings is 1. The van der Waals surface area contributed by atoms with Crippen molar-refractivity contribution in [3.05, 3.63) is 60.2 Å². The molecule has 5 heteroatoms. The summed E-state index contributed by atoms with van der Waals surface area (Å²) in [7, 11) is 0. The number of phenols is 1. The van der Waals surface area contributed by atoms with E-state index in [9.17, 15) is 5.11 Å². The maximum atomic E-state index is 10.1. The summed E-state index contributed by atoms with van der Waals surface area (Å²) in [6.45, 7) is 5.12. The van der Waals surface area contributed by atoms with Crippen molar-refractivity contribution in [2.45, 2.75) is 25.8 Å². The van der Waals surface area contributed by atoms with Crippen LogP contribution in [0.1, 0.15) is 18.9 Å². The molecular formula is C21H27N3O2. The van der Waals surface area contributed by atoms with Gasteiger partial charge in [-0.1, -0.05) is 42.5 Å². The molecule has 0 spiro atoms. The molecule has 1 unspecified atom stereocenters. The Morgan fingerprint density at radius 2 is 1.81 bits per heavy atom. The fourth-order valence-electron chi connectivity index (χ4n) is 2.96. The molecule has 0 aromatic heterocycles. The summed E-state index contributed by atoms with van der Waals surface area (Å²) < 4.78 is 5.46. The third kappa shape index (κ3) is 5.23. The first-order chi connectivity index (χ1) is 12.7. The molecule has 5 nitrogen and oxygen atoms in total. The topological polar surface area (TPSA) is 57.1 Å². The first-order valence-electron chi connectivity index (χ1n) is 9.22. The van der Waals surface area contributed by atoms with Gasteiger partial charge in [-0.3, -0.25) is 0 Å². The van der Waals surface area contributed by atoms with Gasteiger partial charge in [0.1, 0.15) is 5.75 Å². The summed E-state index contributed by atoms with van der Waals surface area (Å²) in [5.41, 5.74) is 2.00. The van der Waals surface area contributed by atoms with E-state index >= 15 is 0 Å². The average molecular weight is 353 g/mol. The van der Waals surface area contributed by atoms with Gasteiger partial charge in [0.2, 0.25) is 0 Å². The van der Waals surface area contributed by atoms with Gasteiger partial charge in [0.25, 0.3) is 0 Å². The lowest BCUT2D eigenvalue weighted by atomic mass is 10.1. The summed E-state index contributed by atoms with van der Waals surface area (Å²) in [6.07, 6.45) is 1.97. The summed E-state index contributed by atoms with van der Waals surface area (Å²) >= 11 is 0. The monoisotopic (exact) mass is 353 g/mol. The van der Waals surface area contributed by atoms with Crippen LogP contribution in [0, 0.1) is 0 Å². The lowest BCUT2D eigenvalue weighted by Gasteiger charge is -2.31. The Hall–Kier alpha value is -2.53. The summed E-state index contributed by atoms with van der Waals surface area (Å²) in [5.74, 6) is 1.03. The van der Waals surface area contributed by atoms with E-state index in [1.54, 1.807) is 6.07 Å². The average Bonchev–Trinajstić information content (AvgIpc) is 2.69. The fraction of sp³-hybridized carbons (Fsp3) is 0.381. The van der Waals surface area contributed by atoms with E-state index in [-0.39, 0.29) is 11.8 Å². The number of guanidine groups is 1. The summed E-state index contributed by atoms with van der Waals surface area (Å²) in [5, 5.41) is 13.4. The zero-order chi connectivity index (χ0) is 18.2. The largest absolute Gasteiger partial charge is 0.506 e. The molecule has 0 amide bonds. The van der Waals surface area contributed by atoms with Gasteiger partial charge in [-0.2, -0.15) is 0 Å². The van der Waals surface area contributed by atoms with Crippen LogP contribution in [0.5, 0.6) is 5.75 Å². The minimum atomic E-state index is 0.173. The normalized spacial score (nSPS) is 16.3. The van der Waals surface area contributed by atoms with Crippen molar-refractivity contribution in [2.24, 2.45) is 4.99 Å². The molecule has 3 rings (SSSR count). The summed E-state index contributed by atoms with van der Waals surface area (Å²) in [6, 6.07) is 17.9. The number of nitrogens with zero attached hydrogens (tertiary/aromatic N) is 2. The first-order valence-corrected chi connectivity index (χ1v) is 9.22. The number of phenolic OH excluding ortho intramolecular Hbond substituents is 1. The molecule has 138 valence electrons. The lowest BCUT2D eigenvalue weighted by molar-refractivity contribution is 0.0678. The van der Waals surface area contributed by atoms with Crippen LogP contribution in [0.25, 0.3) is 0 Å². The van der Waals surface area contributed by atoms with Crippen molar-refractivity contribution in [1.29, 1.82) is 0 Å². The quantitative estimate of drug-likeness (QED) is 0.491. The van der Waals surface area contributed by atoms with Crippen molar-refractivity contribution in [2.75, 3.05) is 31.6 Å². The molecule has 26 heavy (non-hydrogen) atoms. The number of aliphatic imine (C=N–C) groups is 1. The number of anilines is 1. The number of hydrogen-bond acceptors (Lipinski definition) is 3. The van der Waals surface area contributed by atoms with Gasteiger partial charge in [0.05, 0.1) is 24.9 Å². The van der Waals surface area contributed by atoms with Crippen LogP contribution >= 0.6 is 0 Å². The van der Waals surface area contributed by atoms with E-state index in [4.69, 9.17) is 9.73 Å². The second-order valence-electron chi connectivity index (χ2n) is 6.57. The molecule has 1 fully saturated rings. The van der Waals surface area contributed by atoms with Gasteiger partial charge in [0.15, 0.2) is 5.96 Å². The van der Waals surface area contributed by atoms with Crippen LogP contribution in [0.3, 0.4) is 0 Å². The molecule has 0 bridgehead atoms. The lowest BCUT2D eigenvalue weighted by Crippen LogP contribution is -2.44. The first kappa shape index (κ1) is 18.3. The SMILES string of the molecule is CC(CCc1ccccc1)N=C(Nc1ccccc1O)N1CCOCC1.